The van der Waals surface area contributed by atoms with E-state index in [9.17, 15) is 10.1 Å². The third kappa shape index (κ3) is 2.10. The van der Waals surface area contributed by atoms with Crippen molar-refractivity contribution in [2.75, 3.05) is 0 Å². The van der Waals surface area contributed by atoms with Crippen molar-refractivity contribution in [3.63, 3.8) is 0 Å². The average molecular weight is 187 g/mol. The van der Waals surface area contributed by atoms with Crippen molar-refractivity contribution in [1.29, 1.82) is 0 Å². The predicted molar refractivity (Wildman–Crippen MR) is 43.9 cm³/mol. The summed E-state index contributed by atoms with van der Waals surface area (Å²) < 4.78 is 4.76. The van der Waals surface area contributed by atoms with E-state index in [1.165, 1.54) is 24.3 Å². The third-order valence-corrected chi connectivity index (χ3v) is 1.32. The maximum atomic E-state index is 10.2. The lowest BCUT2D eigenvalue weighted by Gasteiger charge is -1.98. The molecule has 0 aromatic heterocycles. The number of rotatable bonds is 3. The van der Waals surface area contributed by atoms with Crippen LogP contribution < -0.4 is 4.74 Å². The molecule has 5 heteroatoms. The molecular formula is C7H5ClNO3. The monoisotopic (exact) mass is 186 g/mol. The van der Waals surface area contributed by atoms with Crippen LogP contribution in [0.4, 0.5) is 5.69 Å². The summed E-state index contributed by atoms with van der Waals surface area (Å²) in [6, 6.07) is 6.61. The molecule has 12 heavy (non-hydrogen) atoms. The van der Waals surface area contributed by atoms with Crippen LogP contribution in [-0.2, 0) is 0 Å². The van der Waals surface area contributed by atoms with E-state index in [-0.39, 0.29) is 5.69 Å². The lowest BCUT2D eigenvalue weighted by Crippen LogP contribution is -1.88. The molecule has 0 spiro atoms. The van der Waals surface area contributed by atoms with Crippen molar-refractivity contribution in [3.05, 3.63) is 40.4 Å². The molecule has 4 nitrogen and oxygen atoms in total. The van der Waals surface area contributed by atoms with Crippen LogP contribution in [0.25, 0.3) is 0 Å². The summed E-state index contributed by atoms with van der Waals surface area (Å²) in [6.07, 6.45) is 0. The molecule has 0 saturated heterocycles. The second kappa shape index (κ2) is 3.92. The summed E-state index contributed by atoms with van der Waals surface area (Å²) in [5.74, 6) is 0.468. The molecule has 0 bridgehead atoms. The SMILES string of the molecule is O=[N+]([O-])c1ccc(O[CH]Cl)cc1. The molecule has 0 aliphatic rings. The van der Waals surface area contributed by atoms with Gasteiger partial charge in [0.15, 0.2) is 0 Å². The minimum atomic E-state index is -0.478. The van der Waals surface area contributed by atoms with Gasteiger partial charge in [0.1, 0.15) is 5.75 Å². The van der Waals surface area contributed by atoms with Crippen LogP contribution in [0.5, 0.6) is 5.75 Å². The maximum Gasteiger partial charge on any atom is 0.269 e. The van der Waals surface area contributed by atoms with E-state index in [1.54, 1.807) is 0 Å². The first kappa shape index (κ1) is 8.80. The minimum absolute atomic E-state index is 0.0249. The molecule has 0 atom stereocenters. The number of benzene rings is 1. The lowest BCUT2D eigenvalue weighted by molar-refractivity contribution is -0.384. The summed E-state index contributed by atoms with van der Waals surface area (Å²) in [4.78, 5) is 9.72. The van der Waals surface area contributed by atoms with Gasteiger partial charge in [-0.1, -0.05) is 11.6 Å². The van der Waals surface area contributed by atoms with Gasteiger partial charge in [-0.15, -0.1) is 0 Å². The van der Waals surface area contributed by atoms with Gasteiger partial charge < -0.3 is 4.74 Å². The van der Waals surface area contributed by atoms with Gasteiger partial charge in [-0.3, -0.25) is 10.1 Å². The summed E-state index contributed by atoms with van der Waals surface area (Å²) >= 11 is 5.16. The van der Waals surface area contributed by atoms with Gasteiger partial charge >= 0.3 is 0 Å². The normalized spacial score (nSPS) is 9.42. The van der Waals surface area contributed by atoms with Gasteiger partial charge in [0.05, 0.1) is 4.92 Å². The van der Waals surface area contributed by atoms with Crippen molar-refractivity contribution in [1.82, 2.24) is 0 Å². The van der Waals surface area contributed by atoms with Gasteiger partial charge in [-0.25, -0.2) is 0 Å². The molecular weight excluding hydrogens is 182 g/mol. The quantitative estimate of drug-likeness (QED) is 0.538. The Balaban J connectivity index is 2.78. The Labute approximate surface area is 73.9 Å². The average Bonchev–Trinajstić information content (AvgIpc) is 2.06. The van der Waals surface area contributed by atoms with Crippen LogP contribution in [0.1, 0.15) is 0 Å². The molecule has 1 rings (SSSR count). The predicted octanol–water partition coefficient (Wildman–Crippen LogP) is 2.33. The van der Waals surface area contributed by atoms with Crippen LogP contribution >= 0.6 is 11.6 Å². The van der Waals surface area contributed by atoms with E-state index in [2.05, 4.69) is 0 Å². The Morgan fingerprint density at radius 3 is 2.42 bits per heavy atom. The molecule has 0 N–H and O–H groups in total. The second-order valence-electron chi connectivity index (χ2n) is 1.96. The first-order chi connectivity index (χ1) is 5.74. The number of nitro benzene ring substituents is 1. The number of halogens is 1. The molecule has 63 valence electrons. The van der Waals surface area contributed by atoms with Crippen molar-refractivity contribution >= 4 is 17.3 Å². The fourth-order valence-electron chi connectivity index (χ4n) is 0.698. The summed E-state index contributed by atoms with van der Waals surface area (Å²) in [5.41, 5.74) is 0.0249. The van der Waals surface area contributed by atoms with E-state index in [0.29, 0.717) is 5.75 Å². The minimum Gasteiger partial charge on any atom is -0.469 e. The molecule has 1 radical (unpaired) electrons. The van der Waals surface area contributed by atoms with E-state index >= 15 is 0 Å². The zero-order valence-electron chi connectivity index (χ0n) is 5.94. The van der Waals surface area contributed by atoms with Crippen LogP contribution in [0.2, 0.25) is 0 Å². The molecule has 0 fully saturated rings. The van der Waals surface area contributed by atoms with Crippen molar-refractivity contribution in [2.45, 2.75) is 0 Å². The van der Waals surface area contributed by atoms with Crippen LogP contribution in [-0.4, -0.2) is 4.92 Å². The first-order valence-electron chi connectivity index (χ1n) is 3.07. The second-order valence-corrected chi connectivity index (χ2v) is 2.14. The Morgan fingerprint density at radius 1 is 1.42 bits per heavy atom. The van der Waals surface area contributed by atoms with E-state index in [0.717, 1.165) is 6.07 Å². The molecule has 0 amide bonds. The van der Waals surface area contributed by atoms with Gasteiger partial charge in [-0.05, 0) is 12.1 Å². The van der Waals surface area contributed by atoms with Gasteiger partial charge in [0.2, 0.25) is 6.07 Å². The molecule has 1 aromatic rings. The Bertz CT molecular complexity index is 272. The highest BCUT2D eigenvalue weighted by molar-refractivity contribution is 6.22. The van der Waals surface area contributed by atoms with Gasteiger partial charge in [-0.2, -0.15) is 0 Å². The van der Waals surface area contributed by atoms with Crippen molar-refractivity contribution in [2.24, 2.45) is 0 Å². The first-order valence-corrected chi connectivity index (χ1v) is 3.50. The molecule has 1 aromatic carbocycles. The topological polar surface area (TPSA) is 52.4 Å². The Kier molecular flexibility index (Phi) is 2.88. The summed E-state index contributed by atoms with van der Waals surface area (Å²) in [5, 5.41) is 10.2. The van der Waals surface area contributed by atoms with Crippen molar-refractivity contribution in [3.8, 4) is 5.75 Å². The standard InChI is InChI=1S/C7H5ClNO3/c8-5-12-7-3-1-6(2-4-7)9(10)11/h1-5H. The van der Waals surface area contributed by atoms with Crippen LogP contribution in [0, 0.1) is 16.2 Å². The number of hydrogen-bond donors (Lipinski definition) is 0. The molecule has 0 unspecified atom stereocenters. The van der Waals surface area contributed by atoms with Crippen molar-refractivity contribution < 1.29 is 9.66 Å². The largest absolute Gasteiger partial charge is 0.469 e. The highest BCUT2D eigenvalue weighted by Gasteiger charge is 2.03. The van der Waals surface area contributed by atoms with E-state index < -0.39 is 4.92 Å². The Morgan fingerprint density at radius 2 is 2.00 bits per heavy atom. The number of nitrogens with zero attached hydrogens (tertiary/aromatic N) is 1. The van der Waals surface area contributed by atoms with E-state index in [4.69, 9.17) is 16.3 Å². The molecule has 0 aliphatic carbocycles. The molecule has 0 heterocycles. The fraction of sp³-hybridized carbons (Fsp3) is 0. The maximum absolute atomic E-state index is 10.2. The highest BCUT2D eigenvalue weighted by atomic mass is 35.5. The number of non-ortho nitro benzene ring substituents is 1. The molecule has 0 aliphatic heterocycles. The fourth-order valence-corrected chi connectivity index (χ4v) is 0.801. The summed E-state index contributed by atoms with van der Waals surface area (Å²) in [6.45, 7) is 0. The van der Waals surface area contributed by atoms with Crippen LogP contribution in [0.15, 0.2) is 24.3 Å². The van der Waals surface area contributed by atoms with Crippen LogP contribution in [0.3, 0.4) is 0 Å². The number of ether oxygens (including phenoxy) is 1. The van der Waals surface area contributed by atoms with Gasteiger partial charge in [0.25, 0.3) is 5.69 Å². The smallest absolute Gasteiger partial charge is 0.269 e. The lowest BCUT2D eigenvalue weighted by atomic mass is 10.3. The Hall–Kier alpha value is -1.29. The van der Waals surface area contributed by atoms with E-state index in [1.807, 2.05) is 0 Å². The zero-order chi connectivity index (χ0) is 8.97. The summed E-state index contributed by atoms with van der Waals surface area (Å²) in [7, 11) is 0. The highest BCUT2D eigenvalue weighted by Crippen LogP contribution is 2.17. The van der Waals surface area contributed by atoms with Gasteiger partial charge in [0, 0.05) is 12.1 Å². The number of nitro groups is 1. The third-order valence-electron chi connectivity index (χ3n) is 1.23. The number of hydrogen-bond acceptors (Lipinski definition) is 3. The zero-order valence-corrected chi connectivity index (χ0v) is 6.69. The molecule has 0 saturated carbocycles.